The van der Waals surface area contributed by atoms with Crippen LogP contribution in [-0.2, 0) is 4.79 Å². The van der Waals surface area contributed by atoms with Gasteiger partial charge in [-0.25, -0.2) is 9.50 Å². The van der Waals surface area contributed by atoms with Crippen LogP contribution in [0.25, 0.3) is 16.2 Å². The summed E-state index contributed by atoms with van der Waals surface area (Å²) in [5, 5.41) is 16.1. The van der Waals surface area contributed by atoms with E-state index in [4.69, 9.17) is 5.11 Å². The molecule has 0 aliphatic heterocycles. The first-order valence-corrected chi connectivity index (χ1v) is 7.78. The molecule has 0 radical (unpaired) electrons. The molecule has 3 heterocycles. The second kappa shape index (κ2) is 6.17. The molecule has 0 amide bonds. The number of anilines is 1. The summed E-state index contributed by atoms with van der Waals surface area (Å²) in [7, 11) is 0. The van der Waals surface area contributed by atoms with Crippen molar-refractivity contribution in [1.82, 2.24) is 14.6 Å². The fourth-order valence-corrected chi connectivity index (χ4v) is 2.99. The van der Waals surface area contributed by atoms with E-state index in [9.17, 15) is 9.59 Å². The maximum atomic E-state index is 11.4. The highest BCUT2D eigenvalue weighted by molar-refractivity contribution is 7.17. The Morgan fingerprint density at radius 1 is 1.30 bits per heavy atom. The standard InChI is InChI=1S/C15H14N4O3S/c1-9(20)11-2-3-12(23-11)10-8-17-14-5-4-13(18-19(10)14)16-7-6-15(21)22/h2-5,8H,6-7H2,1H3,(H,16,18)(H,21,22). The zero-order chi connectivity index (χ0) is 16.4. The molecule has 3 aromatic rings. The van der Waals surface area contributed by atoms with Gasteiger partial charge in [-0.2, -0.15) is 0 Å². The molecule has 0 spiro atoms. The van der Waals surface area contributed by atoms with Gasteiger partial charge in [0, 0.05) is 6.54 Å². The number of imidazole rings is 1. The molecular weight excluding hydrogens is 316 g/mol. The number of carbonyl (C=O) groups is 2. The van der Waals surface area contributed by atoms with Crippen molar-refractivity contribution in [1.29, 1.82) is 0 Å². The molecule has 7 nitrogen and oxygen atoms in total. The van der Waals surface area contributed by atoms with E-state index in [-0.39, 0.29) is 12.2 Å². The number of ketones is 1. The fraction of sp³-hybridized carbons (Fsp3) is 0.200. The lowest BCUT2D eigenvalue weighted by Gasteiger charge is -2.05. The molecule has 3 aromatic heterocycles. The zero-order valence-electron chi connectivity index (χ0n) is 12.3. The zero-order valence-corrected chi connectivity index (χ0v) is 13.1. The van der Waals surface area contributed by atoms with Crippen LogP contribution < -0.4 is 5.32 Å². The smallest absolute Gasteiger partial charge is 0.305 e. The van der Waals surface area contributed by atoms with E-state index in [1.807, 2.05) is 6.07 Å². The van der Waals surface area contributed by atoms with Crippen LogP contribution in [0.1, 0.15) is 23.0 Å². The first kappa shape index (κ1) is 15.2. The van der Waals surface area contributed by atoms with Crippen LogP contribution >= 0.6 is 11.3 Å². The normalized spacial score (nSPS) is 10.8. The molecule has 0 aromatic carbocycles. The molecule has 2 N–H and O–H groups in total. The molecule has 0 bridgehead atoms. The number of carboxylic acids is 1. The van der Waals surface area contributed by atoms with Crippen LogP contribution in [0.3, 0.4) is 0 Å². The molecule has 0 saturated carbocycles. The lowest BCUT2D eigenvalue weighted by molar-refractivity contribution is -0.136. The van der Waals surface area contributed by atoms with Crippen molar-refractivity contribution in [2.45, 2.75) is 13.3 Å². The largest absolute Gasteiger partial charge is 0.481 e. The maximum absolute atomic E-state index is 11.4. The van der Waals surface area contributed by atoms with Crippen molar-refractivity contribution >= 4 is 34.6 Å². The Labute approximate surface area is 135 Å². The van der Waals surface area contributed by atoms with Gasteiger partial charge in [0.1, 0.15) is 11.5 Å². The number of fused-ring (bicyclic) bond motifs is 1. The number of hydrogen-bond acceptors (Lipinski definition) is 6. The number of rotatable bonds is 6. The number of thiophene rings is 1. The Kier molecular flexibility index (Phi) is 4.07. The SMILES string of the molecule is CC(=O)c1ccc(-c2cnc3ccc(NCCC(=O)O)nn23)s1. The van der Waals surface area contributed by atoms with Gasteiger partial charge in [0.15, 0.2) is 11.4 Å². The average Bonchev–Trinajstić information content (AvgIpc) is 3.12. The van der Waals surface area contributed by atoms with Crippen molar-refractivity contribution in [3.05, 3.63) is 35.3 Å². The number of carbonyl (C=O) groups excluding carboxylic acids is 1. The van der Waals surface area contributed by atoms with Gasteiger partial charge in [0.2, 0.25) is 0 Å². The topological polar surface area (TPSA) is 96.6 Å². The van der Waals surface area contributed by atoms with E-state index in [1.165, 1.54) is 18.3 Å². The van der Waals surface area contributed by atoms with Crippen LogP contribution in [-0.4, -0.2) is 38.0 Å². The second-order valence-electron chi connectivity index (χ2n) is 4.92. The Morgan fingerprint density at radius 3 is 2.83 bits per heavy atom. The van der Waals surface area contributed by atoms with Crippen LogP contribution in [0.5, 0.6) is 0 Å². The summed E-state index contributed by atoms with van der Waals surface area (Å²) >= 11 is 1.39. The van der Waals surface area contributed by atoms with Crippen LogP contribution in [0.2, 0.25) is 0 Å². The highest BCUT2D eigenvalue weighted by atomic mass is 32.1. The number of aliphatic carboxylic acids is 1. The molecule has 8 heteroatoms. The minimum absolute atomic E-state index is 0.0173. The summed E-state index contributed by atoms with van der Waals surface area (Å²) in [6, 6.07) is 7.22. The van der Waals surface area contributed by atoms with Crippen LogP contribution in [0.15, 0.2) is 30.5 Å². The van der Waals surface area contributed by atoms with Crippen LogP contribution in [0, 0.1) is 0 Å². The van der Waals surface area contributed by atoms with Gasteiger partial charge < -0.3 is 10.4 Å². The highest BCUT2D eigenvalue weighted by Crippen LogP contribution is 2.28. The average molecular weight is 330 g/mol. The molecule has 23 heavy (non-hydrogen) atoms. The molecule has 3 rings (SSSR count). The first-order chi connectivity index (χ1) is 11.0. The van der Waals surface area contributed by atoms with E-state index >= 15 is 0 Å². The van der Waals surface area contributed by atoms with Gasteiger partial charge in [-0.05, 0) is 31.2 Å². The quantitative estimate of drug-likeness (QED) is 0.674. The van der Waals surface area contributed by atoms with Gasteiger partial charge in [-0.1, -0.05) is 0 Å². The van der Waals surface area contributed by atoms with E-state index in [0.29, 0.717) is 22.9 Å². The summed E-state index contributed by atoms with van der Waals surface area (Å²) in [6.07, 6.45) is 1.72. The lowest BCUT2D eigenvalue weighted by Crippen LogP contribution is -2.09. The molecule has 0 aliphatic carbocycles. The third kappa shape index (κ3) is 3.21. The second-order valence-corrected chi connectivity index (χ2v) is 6.01. The van der Waals surface area contributed by atoms with Gasteiger partial charge in [0.05, 0.1) is 22.4 Å². The highest BCUT2D eigenvalue weighted by Gasteiger charge is 2.12. The maximum Gasteiger partial charge on any atom is 0.305 e. The fourth-order valence-electron chi connectivity index (χ4n) is 2.10. The lowest BCUT2D eigenvalue weighted by atomic mass is 10.3. The Bertz CT molecular complexity index is 884. The first-order valence-electron chi connectivity index (χ1n) is 6.96. The number of nitrogens with one attached hydrogen (secondary N) is 1. The van der Waals surface area contributed by atoms with Gasteiger partial charge >= 0.3 is 5.97 Å². The van der Waals surface area contributed by atoms with Crippen molar-refractivity contribution < 1.29 is 14.7 Å². The number of aromatic nitrogens is 3. The van der Waals surface area contributed by atoms with Crippen LogP contribution in [0.4, 0.5) is 5.82 Å². The van der Waals surface area contributed by atoms with Gasteiger partial charge in [-0.3, -0.25) is 9.59 Å². The number of Topliss-reactive ketones (excluding diaryl/α,β-unsaturated/α-hetero) is 1. The molecule has 0 aliphatic rings. The molecule has 0 atom stereocenters. The number of nitrogens with zero attached hydrogens (tertiary/aromatic N) is 3. The number of hydrogen-bond donors (Lipinski definition) is 2. The van der Waals surface area contributed by atoms with Crippen molar-refractivity contribution in [3.63, 3.8) is 0 Å². The third-order valence-corrected chi connectivity index (χ3v) is 4.42. The molecule has 0 saturated heterocycles. The minimum Gasteiger partial charge on any atom is -0.481 e. The van der Waals surface area contributed by atoms with E-state index in [0.717, 1.165) is 10.6 Å². The predicted octanol–water partition coefficient (Wildman–Crippen LogP) is 2.55. The molecule has 0 unspecified atom stereocenters. The van der Waals surface area contributed by atoms with Crippen molar-refractivity contribution in [2.75, 3.05) is 11.9 Å². The van der Waals surface area contributed by atoms with E-state index < -0.39 is 5.97 Å². The minimum atomic E-state index is -0.864. The Balaban J connectivity index is 1.91. The molecule has 118 valence electrons. The van der Waals surface area contributed by atoms with Crippen molar-refractivity contribution in [2.24, 2.45) is 0 Å². The summed E-state index contributed by atoms with van der Waals surface area (Å²) in [6.45, 7) is 1.83. The number of carboxylic acid groups (broad SMARTS) is 1. The molecular formula is C15H14N4O3S. The Morgan fingerprint density at radius 2 is 2.13 bits per heavy atom. The summed E-state index contributed by atoms with van der Waals surface area (Å²) in [4.78, 5) is 27.9. The van der Waals surface area contributed by atoms with Gasteiger partial charge in [0.25, 0.3) is 0 Å². The predicted molar refractivity (Wildman–Crippen MR) is 87.0 cm³/mol. The Hall–Kier alpha value is -2.74. The molecule has 0 fully saturated rings. The summed E-state index contributed by atoms with van der Waals surface area (Å²) in [5.74, 6) is -0.266. The van der Waals surface area contributed by atoms with E-state index in [1.54, 1.807) is 28.9 Å². The van der Waals surface area contributed by atoms with Crippen molar-refractivity contribution in [3.8, 4) is 10.6 Å². The van der Waals surface area contributed by atoms with Gasteiger partial charge in [-0.15, -0.1) is 16.4 Å². The summed E-state index contributed by atoms with van der Waals surface area (Å²) < 4.78 is 1.68. The summed E-state index contributed by atoms with van der Waals surface area (Å²) in [5.41, 5.74) is 1.47. The third-order valence-electron chi connectivity index (χ3n) is 3.21. The monoisotopic (exact) mass is 330 g/mol. The van der Waals surface area contributed by atoms with E-state index in [2.05, 4.69) is 15.4 Å².